The molecule has 1 saturated heterocycles. The van der Waals surface area contributed by atoms with E-state index in [0.717, 1.165) is 42.3 Å². The van der Waals surface area contributed by atoms with Crippen molar-refractivity contribution in [1.82, 2.24) is 0 Å². The minimum Gasteiger partial charge on any atom is -0.486 e. The number of rotatable bonds is 0. The SMILES string of the molecule is O=C1CCC/C1=C1\OCCS1. The van der Waals surface area contributed by atoms with Crippen LogP contribution in [0.4, 0.5) is 0 Å². The summed E-state index contributed by atoms with van der Waals surface area (Å²) < 4.78 is 5.33. The van der Waals surface area contributed by atoms with Crippen molar-refractivity contribution in [3.63, 3.8) is 0 Å². The van der Waals surface area contributed by atoms with Gasteiger partial charge in [0, 0.05) is 17.7 Å². The zero-order valence-corrected chi connectivity index (χ0v) is 7.08. The molecule has 0 aromatic rings. The Bertz CT molecular complexity index is 212. The Morgan fingerprint density at radius 3 is 2.82 bits per heavy atom. The number of hydrogen-bond acceptors (Lipinski definition) is 3. The fraction of sp³-hybridized carbons (Fsp3) is 0.625. The molecule has 0 radical (unpaired) electrons. The molecular weight excluding hydrogens is 160 g/mol. The van der Waals surface area contributed by atoms with Crippen molar-refractivity contribution in [2.75, 3.05) is 12.4 Å². The van der Waals surface area contributed by atoms with Gasteiger partial charge in [0.05, 0.1) is 6.61 Å². The van der Waals surface area contributed by atoms with Gasteiger partial charge in [-0.1, -0.05) is 11.8 Å². The second kappa shape index (κ2) is 2.89. The number of Topliss-reactive ketones (excluding diaryl/α,β-unsaturated/α-hetero) is 1. The van der Waals surface area contributed by atoms with Crippen molar-refractivity contribution in [3.05, 3.63) is 10.7 Å². The summed E-state index contributed by atoms with van der Waals surface area (Å²) in [5, 5.41) is 0.910. The van der Waals surface area contributed by atoms with E-state index in [1.807, 2.05) is 0 Å². The van der Waals surface area contributed by atoms with Gasteiger partial charge in [0.2, 0.25) is 0 Å². The first-order valence-corrected chi connectivity index (χ1v) is 4.88. The number of ether oxygens (including phenoxy) is 1. The van der Waals surface area contributed by atoms with Crippen molar-refractivity contribution in [1.29, 1.82) is 0 Å². The fourth-order valence-electron chi connectivity index (χ4n) is 1.42. The highest BCUT2D eigenvalue weighted by Crippen LogP contribution is 2.33. The summed E-state index contributed by atoms with van der Waals surface area (Å²) in [6.45, 7) is 0.775. The lowest BCUT2D eigenvalue weighted by molar-refractivity contribution is -0.114. The normalized spacial score (nSPS) is 31.1. The smallest absolute Gasteiger partial charge is 0.163 e. The van der Waals surface area contributed by atoms with Crippen LogP contribution in [0.1, 0.15) is 19.3 Å². The third-order valence-electron chi connectivity index (χ3n) is 1.96. The molecule has 2 aliphatic rings. The molecule has 2 rings (SSSR count). The molecule has 11 heavy (non-hydrogen) atoms. The van der Waals surface area contributed by atoms with Gasteiger partial charge in [0.15, 0.2) is 10.9 Å². The predicted octanol–water partition coefficient (Wildman–Crippen LogP) is 1.71. The predicted molar refractivity (Wildman–Crippen MR) is 44.3 cm³/mol. The summed E-state index contributed by atoms with van der Waals surface area (Å²) in [6, 6.07) is 0. The molecule has 0 unspecified atom stereocenters. The molecule has 0 atom stereocenters. The first kappa shape index (κ1) is 7.22. The fourth-order valence-corrected chi connectivity index (χ4v) is 2.33. The Morgan fingerprint density at radius 1 is 1.36 bits per heavy atom. The molecule has 1 heterocycles. The van der Waals surface area contributed by atoms with Gasteiger partial charge in [-0.2, -0.15) is 0 Å². The molecule has 2 nitrogen and oxygen atoms in total. The summed E-state index contributed by atoms with van der Waals surface area (Å²) in [5.41, 5.74) is 0.951. The Morgan fingerprint density at radius 2 is 2.27 bits per heavy atom. The molecule has 3 heteroatoms. The third-order valence-corrected chi connectivity index (χ3v) is 2.96. The van der Waals surface area contributed by atoms with Gasteiger partial charge in [0.25, 0.3) is 0 Å². The van der Waals surface area contributed by atoms with E-state index < -0.39 is 0 Å². The molecule has 2 fully saturated rings. The molecule has 0 aromatic heterocycles. The molecule has 0 spiro atoms. The molecule has 60 valence electrons. The van der Waals surface area contributed by atoms with Crippen molar-refractivity contribution in [2.45, 2.75) is 19.3 Å². The molecule has 0 N–H and O–H groups in total. The van der Waals surface area contributed by atoms with Crippen LogP contribution in [-0.4, -0.2) is 18.1 Å². The van der Waals surface area contributed by atoms with Crippen LogP contribution in [0.15, 0.2) is 10.7 Å². The van der Waals surface area contributed by atoms with Gasteiger partial charge < -0.3 is 4.74 Å². The van der Waals surface area contributed by atoms with Crippen molar-refractivity contribution in [3.8, 4) is 0 Å². The first-order valence-electron chi connectivity index (χ1n) is 3.90. The maximum atomic E-state index is 11.2. The van der Waals surface area contributed by atoms with Gasteiger partial charge in [-0.05, 0) is 12.8 Å². The van der Waals surface area contributed by atoms with Gasteiger partial charge in [-0.15, -0.1) is 0 Å². The summed E-state index contributed by atoms with van der Waals surface area (Å²) in [5.74, 6) is 1.31. The average Bonchev–Trinajstić information content (AvgIpc) is 2.55. The van der Waals surface area contributed by atoms with Crippen molar-refractivity contribution in [2.24, 2.45) is 0 Å². The van der Waals surface area contributed by atoms with E-state index in [-0.39, 0.29) is 0 Å². The zero-order chi connectivity index (χ0) is 7.68. The van der Waals surface area contributed by atoms with E-state index in [2.05, 4.69) is 0 Å². The van der Waals surface area contributed by atoms with Crippen LogP contribution in [0, 0.1) is 0 Å². The van der Waals surface area contributed by atoms with Crippen LogP contribution < -0.4 is 0 Å². The summed E-state index contributed by atoms with van der Waals surface area (Å²) in [6.07, 6.45) is 2.67. The monoisotopic (exact) mass is 170 g/mol. The topological polar surface area (TPSA) is 26.3 Å². The van der Waals surface area contributed by atoms with E-state index >= 15 is 0 Å². The van der Waals surface area contributed by atoms with Crippen LogP contribution in [0.3, 0.4) is 0 Å². The summed E-state index contributed by atoms with van der Waals surface area (Å²) in [4.78, 5) is 11.2. The Balaban J connectivity index is 2.23. The standard InChI is InChI=1S/C8H10O2S/c9-7-3-1-2-6(7)8-10-4-5-11-8/h1-5H2/b8-6-. The van der Waals surface area contributed by atoms with E-state index in [4.69, 9.17) is 4.74 Å². The largest absolute Gasteiger partial charge is 0.486 e. The maximum absolute atomic E-state index is 11.2. The molecule has 1 saturated carbocycles. The Kier molecular flexibility index (Phi) is 1.90. The van der Waals surface area contributed by atoms with Crippen LogP contribution in [0.25, 0.3) is 0 Å². The minimum absolute atomic E-state index is 0.300. The molecule has 0 amide bonds. The average molecular weight is 170 g/mol. The van der Waals surface area contributed by atoms with Crippen LogP contribution in [-0.2, 0) is 9.53 Å². The number of carbonyl (C=O) groups is 1. The van der Waals surface area contributed by atoms with Gasteiger partial charge in [0.1, 0.15) is 0 Å². The van der Waals surface area contributed by atoms with E-state index in [1.165, 1.54) is 0 Å². The zero-order valence-electron chi connectivity index (χ0n) is 6.26. The van der Waals surface area contributed by atoms with E-state index in [0.29, 0.717) is 5.78 Å². The van der Waals surface area contributed by atoms with Crippen LogP contribution in [0.5, 0.6) is 0 Å². The first-order chi connectivity index (χ1) is 5.38. The molecular formula is C8H10O2S. The number of carbonyl (C=O) groups excluding carboxylic acids is 1. The Labute approximate surface area is 70.0 Å². The van der Waals surface area contributed by atoms with Gasteiger partial charge in [-0.25, -0.2) is 0 Å². The maximum Gasteiger partial charge on any atom is 0.163 e. The third kappa shape index (κ3) is 1.29. The van der Waals surface area contributed by atoms with E-state index in [9.17, 15) is 4.79 Å². The quantitative estimate of drug-likeness (QED) is 0.518. The lowest BCUT2D eigenvalue weighted by Gasteiger charge is -1.99. The molecule has 0 bridgehead atoms. The molecule has 1 aliphatic heterocycles. The second-order valence-corrected chi connectivity index (χ2v) is 3.81. The number of hydrogen-bond donors (Lipinski definition) is 0. The van der Waals surface area contributed by atoms with Gasteiger partial charge in [-0.3, -0.25) is 4.79 Å². The van der Waals surface area contributed by atoms with Crippen LogP contribution >= 0.6 is 11.8 Å². The number of allylic oxidation sites excluding steroid dienone is 1. The van der Waals surface area contributed by atoms with E-state index in [1.54, 1.807) is 11.8 Å². The molecule has 0 aromatic carbocycles. The number of thioether (sulfide) groups is 1. The summed E-state index contributed by atoms with van der Waals surface area (Å²) >= 11 is 1.68. The highest BCUT2D eigenvalue weighted by molar-refractivity contribution is 8.03. The summed E-state index contributed by atoms with van der Waals surface area (Å²) in [7, 11) is 0. The highest BCUT2D eigenvalue weighted by atomic mass is 32.2. The Hall–Kier alpha value is -0.440. The number of ketones is 1. The second-order valence-electron chi connectivity index (χ2n) is 2.74. The van der Waals surface area contributed by atoms with Gasteiger partial charge >= 0.3 is 0 Å². The molecule has 1 aliphatic carbocycles. The van der Waals surface area contributed by atoms with Crippen LogP contribution in [0.2, 0.25) is 0 Å². The minimum atomic E-state index is 0.300. The highest BCUT2D eigenvalue weighted by Gasteiger charge is 2.24. The van der Waals surface area contributed by atoms with Crippen molar-refractivity contribution >= 4 is 17.5 Å². The lowest BCUT2D eigenvalue weighted by Crippen LogP contribution is -1.95. The van der Waals surface area contributed by atoms with Crippen molar-refractivity contribution < 1.29 is 9.53 Å². The lowest BCUT2D eigenvalue weighted by atomic mass is 10.2.